The number of likely N-dealkylation sites (tertiary alicyclic amines) is 1. The highest BCUT2D eigenvalue weighted by Crippen LogP contribution is 2.53. The van der Waals surface area contributed by atoms with E-state index in [0.29, 0.717) is 25.8 Å². The van der Waals surface area contributed by atoms with Crippen LogP contribution >= 0.6 is 0 Å². The Hall–Kier alpha value is -3.50. The Kier molecular flexibility index (Phi) is 8.60. The third kappa shape index (κ3) is 5.42. The van der Waals surface area contributed by atoms with Crippen molar-refractivity contribution in [2.75, 3.05) is 26.3 Å². The molecule has 41 heavy (non-hydrogen) atoms. The minimum Gasteiger partial charge on any atom is -0.463 e. The molecule has 10 nitrogen and oxygen atoms in total. The molecule has 1 aromatic carbocycles. The Morgan fingerprint density at radius 2 is 1.85 bits per heavy atom. The second kappa shape index (κ2) is 12.2. The minimum atomic E-state index is -1.33. The lowest BCUT2D eigenvalue weighted by Crippen LogP contribution is -2.56. The zero-order valence-corrected chi connectivity index (χ0v) is 23.6. The van der Waals surface area contributed by atoms with E-state index in [-0.39, 0.29) is 50.0 Å². The van der Waals surface area contributed by atoms with Crippen LogP contribution in [0.3, 0.4) is 0 Å². The number of aliphatic hydroxyl groups is 1. The third-order valence-corrected chi connectivity index (χ3v) is 8.53. The highest BCUT2D eigenvalue weighted by molar-refractivity contribution is 5.99. The lowest BCUT2D eigenvalue weighted by Gasteiger charge is -2.36. The van der Waals surface area contributed by atoms with E-state index in [0.717, 1.165) is 5.56 Å². The quantitative estimate of drug-likeness (QED) is 0.307. The van der Waals surface area contributed by atoms with E-state index < -0.39 is 41.5 Å². The van der Waals surface area contributed by atoms with Crippen molar-refractivity contribution in [2.24, 2.45) is 11.8 Å². The first-order valence-corrected chi connectivity index (χ1v) is 14.5. The van der Waals surface area contributed by atoms with Crippen LogP contribution in [0.2, 0.25) is 0 Å². The molecule has 0 unspecified atom stereocenters. The standard InChI is InChI=1S/C31H39N3O7/c1-20(2)33-17-10-15-31-26(29(38)34(16-8-9-18-35)27(31)30(33)39)25-23(41-31)13-6-7-14-24(36)40-19-22(32-28(25)37)21-11-4-3-5-12-21/h3-6,10-13,15,20,22-23,25-27,35H,7-9,14,16-19H2,1-2H3,(H,32,37)/b13-6-/t22-,23+,25-,26-,27+,31-/m0/s1. The maximum Gasteiger partial charge on any atom is 0.306 e. The summed E-state index contributed by atoms with van der Waals surface area (Å²) in [4.78, 5) is 58.1. The highest BCUT2D eigenvalue weighted by atomic mass is 16.5. The zero-order chi connectivity index (χ0) is 29.1. The number of benzene rings is 1. The van der Waals surface area contributed by atoms with Gasteiger partial charge in [0.1, 0.15) is 18.2 Å². The van der Waals surface area contributed by atoms with E-state index in [9.17, 15) is 24.3 Å². The fraction of sp³-hybridized carbons (Fsp3) is 0.548. The van der Waals surface area contributed by atoms with Gasteiger partial charge in [-0.2, -0.15) is 0 Å². The number of unbranched alkanes of at least 4 members (excludes halogenated alkanes) is 1. The van der Waals surface area contributed by atoms with Gasteiger partial charge in [0.05, 0.1) is 24.0 Å². The number of amides is 3. The van der Waals surface area contributed by atoms with Gasteiger partial charge in [-0.05, 0) is 38.7 Å². The van der Waals surface area contributed by atoms with Gasteiger partial charge in [0, 0.05) is 32.2 Å². The van der Waals surface area contributed by atoms with Crippen molar-refractivity contribution in [3.63, 3.8) is 0 Å². The molecule has 5 rings (SSSR count). The van der Waals surface area contributed by atoms with Crippen molar-refractivity contribution in [1.29, 1.82) is 0 Å². The number of rotatable bonds is 6. The van der Waals surface area contributed by atoms with Crippen molar-refractivity contribution in [3.05, 3.63) is 60.2 Å². The third-order valence-electron chi connectivity index (χ3n) is 8.53. The maximum absolute atomic E-state index is 14.3. The molecular weight excluding hydrogens is 526 g/mol. The van der Waals surface area contributed by atoms with Gasteiger partial charge in [-0.1, -0.05) is 54.6 Å². The summed E-state index contributed by atoms with van der Waals surface area (Å²) < 4.78 is 12.2. The van der Waals surface area contributed by atoms with Crippen LogP contribution in [0.25, 0.3) is 0 Å². The average molecular weight is 566 g/mol. The molecule has 0 aliphatic carbocycles. The van der Waals surface area contributed by atoms with Crippen LogP contribution in [0.15, 0.2) is 54.6 Å². The zero-order valence-electron chi connectivity index (χ0n) is 23.6. The number of nitrogens with one attached hydrogen (secondary N) is 1. The van der Waals surface area contributed by atoms with Crippen LogP contribution in [-0.4, -0.2) is 88.7 Å². The molecule has 1 aromatic rings. The van der Waals surface area contributed by atoms with Gasteiger partial charge in [-0.3, -0.25) is 19.2 Å². The normalized spacial score (nSPS) is 32.8. The average Bonchev–Trinajstić information content (AvgIpc) is 3.33. The molecule has 10 heteroatoms. The van der Waals surface area contributed by atoms with E-state index >= 15 is 0 Å². The number of carbonyl (C=O) groups excluding carboxylic acids is 4. The number of aliphatic hydroxyl groups excluding tert-OH is 1. The highest BCUT2D eigenvalue weighted by Gasteiger charge is 2.71. The smallest absolute Gasteiger partial charge is 0.306 e. The molecule has 2 N–H and O–H groups in total. The van der Waals surface area contributed by atoms with E-state index in [1.807, 2.05) is 56.3 Å². The molecule has 4 aliphatic heterocycles. The topological polar surface area (TPSA) is 125 Å². The van der Waals surface area contributed by atoms with Gasteiger partial charge < -0.3 is 29.7 Å². The van der Waals surface area contributed by atoms with Gasteiger partial charge in [0.25, 0.3) is 0 Å². The molecule has 4 aliphatic rings. The molecular formula is C31H39N3O7. The number of hydrogen-bond donors (Lipinski definition) is 2. The van der Waals surface area contributed by atoms with Crippen molar-refractivity contribution in [1.82, 2.24) is 15.1 Å². The Morgan fingerprint density at radius 1 is 1.07 bits per heavy atom. The van der Waals surface area contributed by atoms with Gasteiger partial charge in [-0.25, -0.2) is 0 Å². The first-order valence-electron chi connectivity index (χ1n) is 14.5. The number of hydrogen-bond acceptors (Lipinski definition) is 7. The summed E-state index contributed by atoms with van der Waals surface area (Å²) in [5, 5.41) is 12.4. The summed E-state index contributed by atoms with van der Waals surface area (Å²) >= 11 is 0. The molecule has 0 saturated carbocycles. The van der Waals surface area contributed by atoms with E-state index in [4.69, 9.17) is 9.47 Å². The molecule has 2 saturated heterocycles. The fourth-order valence-electron chi connectivity index (χ4n) is 6.55. The second-order valence-corrected chi connectivity index (χ2v) is 11.4. The molecule has 6 atom stereocenters. The molecule has 3 amide bonds. The Balaban J connectivity index is 1.57. The molecule has 0 bridgehead atoms. The Morgan fingerprint density at radius 3 is 2.59 bits per heavy atom. The van der Waals surface area contributed by atoms with Crippen LogP contribution in [0.1, 0.15) is 51.1 Å². The number of ether oxygens (including phenoxy) is 2. The number of esters is 1. The summed E-state index contributed by atoms with van der Waals surface area (Å²) in [5.41, 5.74) is -0.562. The van der Waals surface area contributed by atoms with Crippen molar-refractivity contribution >= 4 is 23.7 Å². The predicted octanol–water partition coefficient (Wildman–Crippen LogP) is 1.90. The molecule has 2 fully saturated rings. The number of fused-ring (bicyclic) bond motifs is 2. The van der Waals surface area contributed by atoms with Crippen LogP contribution in [-0.2, 0) is 28.7 Å². The first-order chi connectivity index (χ1) is 19.8. The first kappa shape index (κ1) is 29.0. The fourth-order valence-corrected chi connectivity index (χ4v) is 6.55. The van der Waals surface area contributed by atoms with E-state index in [2.05, 4.69) is 5.32 Å². The van der Waals surface area contributed by atoms with Crippen LogP contribution in [0.5, 0.6) is 0 Å². The second-order valence-electron chi connectivity index (χ2n) is 11.4. The molecule has 220 valence electrons. The van der Waals surface area contributed by atoms with Crippen LogP contribution in [0.4, 0.5) is 0 Å². The summed E-state index contributed by atoms with van der Waals surface area (Å²) in [5.74, 6) is -3.12. The maximum atomic E-state index is 14.3. The minimum absolute atomic E-state index is 0.0207. The summed E-state index contributed by atoms with van der Waals surface area (Å²) in [6.45, 7) is 4.44. The predicted molar refractivity (Wildman–Crippen MR) is 149 cm³/mol. The lowest BCUT2D eigenvalue weighted by atomic mass is 9.77. The number of carbonyl (C=O) groups is 4. The van der Waals surface area contributed by atoms with Gasteiger partial charge in [0.15, 0.2) is 0 Å². The SMILES string of the molecule is CC(C)N1CC=C[C@]23O[C@@H]4/C=C\CCC(=O)OC[C@@H](c5ccccc5)NC(=O)[C@@H]4[C@H]2C(=O)N(CCCCO)[C@@H]3C1=O. The summed E-state index contributed by atoms with van der Waals surface area (Å²) in [6.07, 6.45) is 7.99. The Bertz CT molecular complexity index is 1220. The van der Waals surface area contributed by atoms with Gasteiger partial charge in [-0.15, -0.1) is 0 Å². The van der Waals surface area contributed by atoms with Crippen molar-refractivity contribution in [3.8, 4) is 0 Å². The van der Waals surface area contributed by atoms with E-state index in [1.54, 1.807) is 22.0 Å². The van der Waals surface area contributed by atoms with Gasteiger partial charge in [0.2, 0.25) is 17.7 Å². The summed E-state index contributed by atoms with van der Waals surface area (Å²) in [6, 6.07) is 7.59. The van der Waals surface area contributed by atoms with Crippen LogP contribution in [0, 0.1) is 11.8 Å². The number of nitrogens with zero attached hydrogens (tertiary/aromatic N) is 2. The van der Waals surface area contributed by atoms with E-state index in [1.165, 1.54) is 0 Å². The molecule has 0 aromatic heterocycles. The number of allylic oxidation sites excluding steroid dienone is 1. The largest absolute Gasteiger partial charge is 0.463 e. The molecule has 0 radical (unpaired) electrons. The number of cyclic esters (lactones) is 1. The Labute approximate surface area is 240 Å². The molecule has 1 spiro atoms. The monoisotopic (exact) mass is 565 g/mol. The van der Waals surface area contributed by atoms with Crippen molar-refractivity contribution < 1.29 is 33.8 Å². The molecule has 4 heterocycles. The summed E-state index contributed by atoms with van der Waals surface area (Å²) in [7, 11) is 0. The van der Waals surface area contributed by atoms with Gasteiger partial charge >= 0.3 is 5.97 Å². The van der Waals surface area contributed by atoms with Crippen LogP contribution < -0.4 is 5.32 Å². The lowest BCUT2D eigenvalue weighted by molar-refractivity contribution is -0.149. The van der Waals surface area contributed by atoms with Crippen molar-refractivity contribution in [2.45, 2.75) is 69.4 Å².